The summed E-state index contributed by atoms with van der Waals surface area (Å²) in [7, 11) is 4.58. The number of benzene rings is 2. The summed E-state index contributed by atoms with van der Waals surface area (Å²) in [6.45, 7) is 0.465. The monoisotopic (exact) mass is 452 g/mol. The summed E-state index contributed by atoms with van der Waals surface area (Å²) in [4.78, 5) is 23.7. The van der Waals surface area contributed by atoms with E-state index in [0.717, 1.165) is 28.2 Å². The van der Waals surface area contributed by atoms with Crippen molar-refractivity contribution >= 4 is 11.9 Å². The van der Waals surface area contributed by atoms with Gasteiger partial charge in [-0.1, -0.05) is 17.3 Å². The van der Waals surface area contributed by atoms with Gasteiger partial charge in [0, 0.05) is 18.5 Å². The third kappa shape index (κ3) is 6.35. The lowest BCUT2D eigenvalue weighted by molar-refractivity contribution is -0.140. The number of carbonyl (C=O) groups is 2. The average molecular weight is 453 g/mol. The van der Waals surface area contributed by atoms with Crippen LogP contribution in [-0.2, 0) is 20.7 Å². The number of unbranched alkanes of at least 4 members (excludes halogenated alkanes) is 1. The predicted molar refractivity (Wildman–Crippen MR) is 123 cm³/mol. The molecule has 0 atom stereocenters. The zero-order valence-electron chi connectivity index (χ0n) is 19.1. The van der Waals surface area contributed by atoms with Crippen LogP contribution >= 0.6 is 0 Å². The number of esters is 1. The van der Waals surface area contributed by atoms with Gasteiger partial charge < -0.3 is 24.1 Å². The molecule has 1 N–H and O–H groups in total. The highest BCUT2D eigenvalue weighted by atomic mass is 16.5. The number of carbonyl (C=O) groups excluding carboxylic acids is 2. The second-order valence-electron chi connectivity index (χ2n) is 7.35. The SMILES string of the molecule is COC(=O)CCCCNC(=O)Cc1onc(-c2ccc(OC)cc2)c1-c1ccc(OC)cc1. The Balaban J connectivity index is 1.78. The van der Waals surface area contributed by atoms with Gasteiger partial charge in [0.25, 0.3) is 0 Å². The molecule has 0 aliphatic carbocycles. The summed E-state index contributed by atoms with van der Waals surface area (Å²) in [5.74, 6) is 1.50. The molecule has 0 saturated carbocycles. The van der Waals surface area contributed by atoms with Gasteiger partial charge in [-0.3, -0.25) is 9.59 Å². The third-order valence-corrected chi connectivity index (χ3v) is 5.18. The second-order valence-corrected chi connectivity index (χ2v) is 7.35. The lowest BCUT2D eigenvalue weighted by Crippen LogP contribution is -2.26. The number of hydrogen-bond acceptors (Lipinski definition) is 7. The number of aromatic nitrogens is 1. The summed E-state index contributed by atoms with van der Waals surface area (Å²) in [6.07, 6.45) is 1.70. The molecule has 8 heteroatoms. The summed E-state index contributed by atoms with van der Waals surface area (Å²) in [5, 5.41) is 7.14. The van der Waals surface area contributed by atoms with E-state index in [4.69, 9.17) is 14.0 Å². The smallest absolute Gasteiger partial charge is 0.305 e. The molecule has 2 aromatic carbocycles. The first-order valence-electron chi connectivity index (χ1n) is 10.7. The van der Waals surface area contributed by atoms with Crippen LogP contribution in [0.3, 0.4) is 0 Å². The fourth-order valence-electron chi connectivity index (χ4n) is 3.38. The van der Waals surface area contributed by atoms with Gasteiger partial charge in [0.1, 0.15) is 17.2 Å². The topological polar surface area (TPSA) is 99.9 Å². The zero-order chi connectivity index (χ0) is 23.6. The first kappa shape index (κ1) is 23.8. The van der Waals surface area contributed by atoms with Crippen molar-refractivity contribution in [1.82, 2.24) is 10.5 Å². The minimum Gasteiger partial charge on any atom is -0.497 e. The minimum atomic E-state index is -0.252. The van der Waals surface area contributed by atoms with E-state index < -0.39 is 0 Å². The molecule has 3 rings (SSSR count). The molecule has 174 valence electrons. The highest BCUT2D eigenvalue weighted by Gasteiger charge is 2.21. The molecule has 8 nitrogen and oxygen atoms in total. The molecule has 1 amide bonds. The Labute approximate surface area is 192 Å². The van der Waals surface area contributed by atoms with Crippen molar-refractivity contribution in [1.29, 1.82) is 0 Å². The number of hydrogen-bond donors (Lipinski definition) is 1. The van der Waals surface area contributed by atoms with E-state index in [9.17, 15) is 9.59 Å². The maximum Gasteiger partial charge on any atom is 0.305 e. The summed E-state index contributed by atoms with van der Waals surface area (Å²) >= 11 is 0. The van der Waals surface area contributed by atoms with E-state index >= 15 is 0 Å². The Morgan fingerprint density at radius 3 is 2.06 bits per heavy atom. The van der Waals surface area contributed by atoms with Crippen molar-refractivity contribution in [3.63, 3.8) is 0 Å². The summed E-state index contributed by atoms with van der Waals surface area (Å²) < 4.78 is 20.7. The molecule has 0 spiro atoms. The summed E-state index contributed by atoms with van der Waals surface area (Å²) in [6, 6.07) is 15.0. The number of methoxy groups -OCH3 is 3. The van der Waals surface area contributed by atoms with Gasteiger partial charge in [-0.2, -0.15) is 0 Å². The lowest BCUT2D eigenvalue weighted by Gasteiger charge is -2.08. The first-order valence-corrected chi connectivity index (χ1v) is 10.7. The van der Waals surface area contributed by atoms with E-state index in [-0.39, 0.29) is 18.3 Å². The Kier molecular flexibility index (Phi) is 8.46. The molecule has 0 fully saturated rings. The largest absolute Gasteiger partial charge is 0.497 e. The molecule has 0 aliphatic heterocycles. The number of rotatable bonds is 11. The Morgan fingerprint density at radius 2 is 1.48 bits per heavy atom. The maximum absolute atomic E-state index is 12.6. The van der Waals surface area contributed by atoms with Gasteiger partial charge in [-0.15, -0.1) is 0 Å². The minimum absolute atomic E-state index is 0.0432. The Morgan fingerprint density at radius 1 is 0.879 bits per heavy atom. The fraction of sp³-hybridized carbons (Fsp3) is 0.320. The van der Waals surface area contributed by atoms with Gasteiger partial charge in [0.15, 0.2) is 5.76 Å². The summed E-state index contributed by atoms with van der Waals surface area (Å²) in [5.41, 5.74) is 3.11. The van der Waals surface area contributed by atoms with Crippen LogP contribution in [0.1, 0.15) is 25.0 Å². The number of nitrogens with one attached hydrogen (secondary N) is 1. The maximum atomic E-state index is 12.6. The normalized spacial score (nSPS) is 10.5. The highest BCUT2D eigenvalue weighted by Crippen LogP contribution is 2.36. The van der Waals surface area contributed by atoms with Gasteiger partial charge in [-0.05, 0) is 54.8 Å². The molecular formula is C25H28N2O6. The van der Waals surface area contributed by atoms with E-state index in [0.29, 0.717) is 37.3 Å². The van der Waals surface area contributed by atoms with E-state index in [1.165, 1.54) is 7.11 Å². The van der Waals surface area contributed by atoms with Crippen LogP contribution in [0, 0.1) is 0 Å². The van der Waals surface area contributed by atoms with Crippen molar-refractivity contribution in [2.75, 3.05) is 27.9 Å². The number of ether oxygens (including phenoxy) is 3. The molecule has 33 heavy (non-hydrogen) atoms. The third-order valence-electron chi connectivity index (χ3n) is 5.18. The molecule has 0 aliphatic rings. The highest BCUT2D eigenvalue weighted by molar-refractivity contribution is 5.86. The molecule has 0 bridgehead atoms. The van der Waals surface area contributed by atoms with Crippen molar-refractivity contribution in [3.05, 3.63) is 54.3 Å². The number of nitrogens with zero attached hydrogens (tertiary/aromatic N) is 1. The van der Waals surface area contributed by atoms with Crippen molar-refractivity contribution in [3.8, 4) is 33.9 Å². The van der Waals surface area contributed by atoms with Crippen LogP contribution in [0.2, 0.25) is 0 Å². The van der Waals surface area contributed by atoms with Crippen LogP contribution in [0.4, 0.5) is 0 Å². The molecular weight excluding hydrogens is 424 g/mol. The van der Waals surface area contributed by atoms with Crippen LogP contribution in [0.25, 0.3) is 22.4 Å². The number of amides is 1. The quantitative estimate of drug-likeness (QED) is 0.346. The fourth-order valence-corrected chi connectivity index (χ4v) is 3.38. The molecule has 1 aromatic heterocycles. The van der Waals surface area contributed by atoms with Crippen LogP contribution in [0.15, 0.2) is 53.1 Å². The lowest BCUT2D eigenvalue weighted by atomic mass is 9.98. The van der Waals surface area contributed by atoms with E-state index in [1.807, 2.05) is 48.5 Å². The van der Waals surface area contributed by atoms with Gasteiger partial charge >= 0.3 is 5.97 Å². The predicted octanol–water partition coefficient (Wildman–Crippen LogP) is 4.03. The van der Waals surface area contributed by atoms with E-state index in [1.54, 1.807) is 14.2 Å². The molecule has 0 saturated heterocycles. The van der Waals surface area contributed by atoms with Crippen LogP contribution in [-0.4, -0.2) is 44.9 Å². The van der Waals surface area contributed by atoms with E-state index in [2.05, 4.69) is 15.2 Å². The average Bonchev–Trinajstić information content (AvgIpc) is 3.26. The zero-order valence-corrected chi connectivity index (χ0v) is 19.1. The molecule has 1 heterocycles. The van der Waals surface area contributed by atoms with Gasteiger partial charge in [0.05, 0.1) is 33.3 Å². The first-order chi connectivity index (χ1) is 16.0. The van der Waals surface area contributed by atoms with Gasteiger partial charge in [0.2, 0.25) is 5.91 Å². The molecule has 3 aromatic rings. The van der Waals surface area contributed by atoms with Crippen LogP contribution < -0.4 is 14.8 Å². The standard InChI is InChI=1S/C25H28N2O6/c1-30-19-11-7-17(8-12-19)24-21(16-22(28)26-15-5-4-6-23(29)32-3)33-27-25(24)18-9-13-20(31-2)14-10-18/h7-14H,4-6,15-16H2,1-3H3,(H,26,28). The Hall–Kier alpha value is -3.81. The van der Waals surface area contributed by atoms with Crippen molar-refractivity contribution < 1.29 is 28.3 Å². The van der Waals surface area contributed by atoms with Gasteiger partial charge in [-0.25, -0.2) is 0 Å². The van der Waals surface area contributed by atoms with Crippen molar-refractivity contribution in [2.24, 2.45) is 0 Å². The van der Waals surface area contributed by atoms with Crippen LogP contribution in [0.5, 0.6) is 11.5 Å². The van der Waals surface area contributed by atoms with Crippen molar-refractivity contribution in [2.45, 2.75) is 25.7 Å². The molecule has 0 radical (unpaired) electrons. The molecule has 0 unspecified atom stereocenters. The Bertz CT molecular complexity index is 1060. The second kappa shape index (κ2) is 11.7.